The van der Waals surface area contributed by atoms with Crippen molar-refractivity contribution in [3.8, 4) is 66.8 Å². The Labute approximate surface area is 458 Å². The van der Waals surface area contributed by atoms with Crippen LogP contribution in [0.2, 0.25) is 0 Å². The van der Waals surface area contributed by atoms with Crippen LogP contribution >= 0.6 is 10.0 Å². The molecule has 1 aliphatic heterocycles. The average Bonchev–Trinajstić information content (AvgIpc) is 4.05. The average molecular weight is 1010 g/mol. The van der Waals surface area contributed by atoms with Crippen LogP contribution < -0.4 is 4.90 Å². The maximum absolute atomic E-state index is 2.61. The van der Waals surface area contributed by atoms with Crippen LogP contribution in [0.15, 0.2) is 295 Å². The quantitative estimate of drug-likeness (QED) is 0.154. The molecule has 1 nitrogen and oxygen atoms in total. The van der Waals surface area contributed by atoms with Crippen molar-refractivity contribution in [3.63, 3.8) is 0 Å². The summed E-state index contributed by atoms with van der Waals surface area (Å²) in [6, 6.07) is 108. The molecule has 3 aliphatic carbocycles. The molecule has 0 aromatic heterocycles. The molecule has 1 heterocycles. The zero-order valence-corrected chi connectivity index (χ0v) is 44.3. The highest BCUT2D eigenvalue weighted by molar-refractivity contribution is 8.33. The van der Waals surface area contributed by atoms with Crippen LogP contribution in [0.4, 0.5) is 17.1 Å². The summed E-state index contributed by atoms with van der Waals surface area (Å²) >= 11 is 0. The van der Waals surface area contributed by atoms with E-state index in [2.05, 4.69) is 303 Å². The lowest BCUT2D eigenvalue weighted by Gasteiger charge is -2.35. The zero-order chi connectivity index (χ0) is 51.7. The van der Waals surface area contributed by atoms with Crippen molar-refractivity contribution in [2.24, 2.45) is 0 Å². The Balaban J connectivity index is 0.974. The van der Waals surface area contributed by atoms with Gasteiger partial charge in [-0.05, 0) is 155 Å². The maximum Gasteiger partial charge on any atom is 0.0726 e. The fraction of sp³-hybridized carbons (Fsp3) is 0.0526. The largest absolute Gasteiger partial charge is 0.309 e. The van der Waals surface area contributed by atoms with Gasteiger partial charge in [-0.25, -0.2) is 0 Å². The lowest BCUT2D eigenvalue weighted by molar-refractivity contribution is 0.769. The second-order valence-corrected chi connectivity index (χ2v) is 25.3. The molecule has 1 spiro atoms. The van der Waals surface area contributed by atoms with Gasteiger partial charge in [0.05, 0.1) is 22.2 Å². The van der Waals surface area contributed by atoms with Gasteiger partial charge in [-0.15, -0.1) is 0 Å². The molecule has 368 valence electrons. The first kappa shape index (κ1) is 45.0. The Morgan fingerprint density at radius 3 is 1.28 bits per heavy atom. The number of rotatable bonds is 7. The Hall–Kier alpha value is -9.21. The maximum atomic E-state index is 2.61. The summed E-state index contributed by atoms with van der Waals surface area (Å²) in [5.41, 5.74) is 27.9. The number of nitrogens with zero attached hydrogens (tertiary/aromatic N) is 1. The summed E-state index contributed by atoms with van der Waals surface area (Å²) in [6.45, 7) is 0. The van der Waals surface area contributed by atoms with Gasteiger partial charge in [-0.1, -0.05) is 243 Å². The van der Waals surface area contributed by atoms with Gasteiger partial charge in [0, 0.05) is 26.6 Å². The number of anilines is 3. The summed E-state index contributed by atoms with van der Waals surface area (Å²) in [6.07, 6.45) is 4.91. The van der Waals surface area contributed by atoms with E-state index in [1.165, 1.54) is 121 Å². The third-order valence-corrected chi connectivity index (χ3v) is 20.8. The van der Waals surface area contributed by atoms with Crippen molar-refractivity contribution in [1.82, 2.24) is 0 Å². The number of fused-ring (bicyclic) bond motifs is 16. The molecule has 12 aromatic rings. The first-order chi connectivity index (χ1) is 38.5. The van der Waals surface area contributed by atoms with Crippen LogP contribution in [-0.2, 0) is 10.8 Å². The number of hydrogen-bond acceptors (Lipinski definition) is 1. The molecule has 0 radical (unpaired) electrons. The zero-order valence-electron chi connectivity index (χ0n) is 43.5. The molecular formula is C76H53NS. The Morgan fingerprint density at radius 1 is 0.269 bits per heavy atom. The van der Waals surface area contributed by atoms with Crippen LogP contribution in [0.5, 0.6) is 0 Å². The van der Waals surface area contributed by atoms with E-state index in [9.17, 15) is 0 Å². The molecule has 12 aromatic carbocycles. The van der Waals surface area contributed by atoms with Crippen LogP contribution in [0.25, 0.3) is 66.8 Å². The predicted molar refractivity (Wildman–Crippen MR) is 327 cm³/mol. The van der Waals surface area contributed by atoms with Crippen molar-refractivity contribution in [3.05, 3.63) is 330 Å². The molecule has 16 rings (SSSR count). The van der Waals surface area contributed by atoms with Crippen LogP contribution in [0.1, 0.15) is 44.5 Å². The smallest absolute Gasteiger partial charge is 0.0726 e. The van der Waals surface area contributed by atoms with Gasteiger partial charge < -0.3 is 4.90 Å². The van der Waals surface area contributed by atoms with E-state index in [0.717, 1.165) is 17.1 Å². The lowest BCUT2D eigenvalue weighted by atomic mass is 9.67. The number of hydrogen-bond donors (Lipinski definition) is 0. The fourth-order valence-corrected chi connectivity index (χ4v) is 17.2. The monoisotopic (exact) mass is 1010 g/mol. The minimum atomic E-state index is -1.17. The highest BCUT2D eigenvalue weighted by atomic mass is 32.3. The van der Waals surface area contributed by atoms with E-state index in [0.29, 0.717) is 0 Å². The van der Waals surface area contributed by atoms with E-state index in [4.69, 9.17) is 0 Å². The molecule has 4 aliphatic rings. The van der Waals surface area contributed by atoms with E-state index in [-0.39, 0.29) is 0 Å². The summed E-state index contributed by atoms with van der Waals surface area (Å²) in [4.78, 5) is 5.55. The second-order valence-electron chi connectivity index (χ2n) is 21.8. The molecule has 0 saturated carbocycles. The fourth-order valence-electron chi connectivity index (χ4n) is 14.6. The Bertz CT molecular complexity index is 4320. The van der Waals surface area contributed by atoms with E-state index >= 15 is 0 Å². The molecule has 0 amide bonds. The topological polar surface area (TPSA) is 3.24 Å². The van der Waals surface area contributed by atoms with Gasteiger partial charge in [0.15, 0.2) is 0 Å². The third kappa shape index (κ3) is 6.04. The van der Waals surface area contributed by atoms with E-state index in [1.807, 2.05) is 0 Å². The molecule has 0 unspecified atom stereocenters. The predicted octanol–water partition coefficient (Wildman–Crippen LogP) is 19.7. The second kappa shape index (κ2) is 16.9. The van der Waals surface area contributed by atoms with Gasteiger partial charge in [0.1, 0.15) is 0 Å². The lowest BCUT2D eigenvalue weighted by Crippen LogP contribution is -2.28. The number of benzene rings is 12. The molecule has 2 heteroatoms. The SMILES string of the molecule is CS1(C)c2ccccc2-c2ccc(-c3ccc(N(c4cccc5c4-c4ccc(-c6ccccc6)cc4C5(c4ccccc4)c4ccccc4)c4cccc5c4-c4ccccc4C54c5ccccc5-c5ccccc54)cc3)cc21. The summed E-state index contributed by atoms with van der Waals surface area (Å²) in [5.74, 6) is 0. The van der Waals surface area contributed by atoms with Gasteiger partial charge in [-0.2, -0.15) is 10.0 Å². The molecule has 0 N–H and O–H groups in total. The molecule has 78 heavy (non-hydrogen) atoms. The summed E-state index contributed by atoms with van der Waals surface area (Å²) in [7, 11) is -1.17. The molecule has 0 fully saturated rings. The standard InChI is InChI=1S/C76H53NS/c1-78(2)71-39-19-15-30-59(71)60-46-42-53(49-72(60)78)51-40-44-56(45-41-51)77(69-38-21-36-67-73(69)61-31-14-18-34-65(61)76(67)63-32-16-12-28-57(63)58-29-13-17-33-64(58)76)70-37-20-35-66-74(70)62-47-43-52(50-22-6-3-7-23-50)48-68(62)75(66,54-24-8-4-9-25-54)55-26-10-5-11-27-55/h3-49H,1-2H3. The molecule has 0 bridgehead atoms. The highest BCUT2D eigenvalue weighted by Crippen LogP contribution is 2.69. The van der Waals surface area contributed by atoms with Crippen molar-refractivity contribution in [1.29, 1.82) is 0 Å². The van der Waals surface area contributed by atoms with Gasteiger partial charge in [0.2, 0.25) is 0 Å². The van der Waals surface area contributed by atoms with Crippen LogP contribution in [0, 0.1) is 0 Å². The van der Waals surface area contributed by atoms with Crippen molar-refractivity contribution >= 4 is 27.1 Å². The highest BCUT2D eigenvalue weighted by Gasteiger charge is 2.53. The third-order valence-electron chi connectivity index (χ3n) is 17.9. The minimum Gasteiger partial charge on any atom is -0.309 e. The summed E-state index contributed by atoms with van der Waals surface area (Å²) in [5, 5.41) is 0. The van der Waals surface area contributed by atoms with E-state index in [1.54, 1.807) is 0 Å². The van der Waals surface area contributed by atoms with Crippen molar-refractivity contribution < 1.29 is 0 Å². The Morgan fingerprint density at radius 2 is 0.679 bits per heavy atom. The molecule has 0 saturated heterocycles. The summed E-state index contributed by atoms with van der Waals surface area (Å²) < 4.78 is 0. The first-order valence-corrected chi connectivity index (χ1v) is 29.7. The van der Waals surface area contributed by atoms with Crippen molar-refractivity contribution in [2.45, 2.75) is 20.6 Å². The first-order valence-electron chi connectivity index (χ1n) is 27.2. The molecule has 0 atom stereocenters. The van der Waals surface area contributed by atoms with Gasteiger partial charge in [0.25, 0.3) is 0 Å². The van der Waals surface area contributed by atoms with Crippen molar-refractivity contribution in [2.75, 3.05) is 17.4 Å². The van der Waals surface area contributed by atoms with Gasteiger partial charge in [-0.3, -0.25) is 0 Å². The molecular weight excluding hydrogens is 959 g/mol. The minimum absolute atomic E-state index is 0.498. The van der Waals surface area contributed by atoms with Gasteiger partial charge >= 0.3 is 0 Å². The Kier molecular flexibility index (Phi) is 9.75. The normalized spacial score (nSPS) is 15.0. The van der Waals surface area contributed by atoms with Crippen LogP contribution in [-0.4, -0.2) is 12.5 Å². The van der Waals surface area contributed by atoms with Crippen LogP contribution in [0.3, 0.4) is 0 Å². The van der Waals surface area contributed by atoms with E-state index < -0.39 is 20.9 Å².